The van der Waals surface area contributed by atoms with Crippen molar-refractivity contribution in [3.05, 3.63) is 18.0 Å². The first-order valence-electron chi connectivity index (χ1n) is 8.02. The van der Waals surface area contributed by atoms with Crippen molar-refractivity contribution in [1.82, 2.24) is 15.1 Å². The number of aryl methyl sites for hydroxylation is 1. The number of hydrogen-bond donors (Lipinski definition) is 1. The predicted octanol–water partition coefficient (Wildman–Crippen LogP) is 2.75. The second kappa shape index (κ2) is 4.34. The molecular weight excluding hydrogens is 234 g/mol. The molecule has 0 aromatic carbocycles. The maximum atomic E-state index is 4.68. The number of rotatable bonds is 5. The fourth-order valence-electron chi connectivity index (χ4n) is 5.17. The first-order chi connectivity index (χ1) is 9.29. The van der Waals surface area contributed by atoms with Crippen LogP contribution in [-0.4, -0.2) is 16.3 Å². The molecule has 0 aliphatic heterocycles. The van der Waals surface area contributed by atoms with E-state index in [1.807, 2.05) is 11.7 Å². The van der Waals surface area contributed by atoms with E-state index in [1.54, 1.807) is 0 Å². The van der Waals surface area contributed by atoms with Crippen molar-refractivity contribution < 1.29 is 0 Å². The van der Waals surface area contributed by atoms with Crippen molar-refractivity contribution >= 4 is 0 Å². The van der Waals surface area contributed by atoms with Crippen LogP contribution in [0.3, 0.4) is 0 Å². The molecule has 0 amide bonds. The summed E-state index contributed by atoms with van der Waals surface area (Å²) in [5.74, 6) is 5.03. The molecule has 3 fully saturated rings. The zero-order valence-corrected chi connectivity index (χ0v) is 12.0. The SMILES string of the molecule is CCCNC(c1ccn(C)n1)C1C2C3CCC(C3)C21. The van der Waals surface area contributed by atoms with Gasteiger partial charge in [0.1, 0.15) is 0 Å². The lowest BCUT2D eigenvalue weighted by Gasteiger charge is -2.20. The molecule has 3 nitrogen and oxygen atoms in total. The van der Waals surface area contributed by atoms with Gasteiger partial charge in [-0.15, -0.1) is 0 Å². The van der Waals surface area contributed by atoms with Crippen LogP contribution < -0.4 is 5.32 Å². The molecule has 19 heavy (non-hydrogen) atoms. The van der Waals surface area contributed by atoms with E-state index in [4.69, 9.17) is 0 Å². The normalized spacial score (nSPS) is 40.4. The topological polar surface area (TPSA) is 29.9 Å². The van der Waals surface area contributed by atoms with Gasteiger partial charge in [-0.3, -0.25) is 4.68 Å². The first-order valence-corrected chi connectivity index (χ1v) is 8.02. The van der Waals surface area contributed by atoms with Gasteiger partial charge in [-0.25, -0.2) is 0 Å². The summed E-state index contributed by atoms with van der Waals surface area (Å²) in [5.41, 5.74) is 1.27. The molecule has 0 radical (unpaired) electrons. The molecule has 104 valence electrons. The Morgan fingerprint density at radius 1 is 1.37 bits per heavy atom. The number of nitrogens with one attached hydrogen (secondary N) is 1. The molecule has 3 aliphatic carbocycles. The lowest BCUT2D eigenvalue weighted by molar-refractivity contribution is 0.363. The highest BCUT2D eigenvalue weighted by molar-refractivity contribution is 5.21. The van der Waals surface area contributed by atoms with Crippen molar-refractivity contribution in [1.29, 1.82) is 0 Å². The molecule has 1 aromatic heterocycles. The van der Waals surface area contributed by atoms with Gasteiger partial charge < -0.3 is 5.32 Å². The summed E-state index contributed by atoms with van der Waals surface area (Å²) in [5, 5.41) is 8.46. The zero-order chi connectivity index (χ0) is 13.0. The second-order valence-electron chi connectivity index (χ2n) is 6.91. The van der Waals surface area contributed by atoms with Gasteiger partial charge in [0.15, 0.2) is 0 Å². The van der Waals surface area contributed by atoms with Crippen LogP contribution in [0.4, 0.5) is 0 Å². The highest BCUT2D eigenvalue weighted by Crippen LogP contribution is 2.72. The average molecular weight is 259 g/mol. The van der Waals surface area contributed by atoms with Crippen LogP contribution in [0.2, 0.25) is 0 Å². The third-order valence-corrected chi connectivity index (χ3v) is 5.85. The van der Waals surface area contributed by atoms with E-state index in [-0.39, 0.29) is 0 Å². The summed E-state index contributed by atoms with van der Waals surface area (Å²) in [6, 6.07) is 2.73. The maximum absolute atomic E-state index is 4.68. The van der Waals surface area contributed by atoms with Crippen molar-refractivity contribution in [3.63, 3.8) is 0 Å². The minimum Gasteiger partial charge on any atom is -0.308 e. The number of aromatic nitrogens is 2. The van der Waals surface area contributed by atoms with Crippen molar-refractivity contribution in [2.24, 2.45) is 36.6 Å². The molecule has 3 aliphatic rings. The summed E-state index contributed by atoms with van der Waals surface area (Å²) in [4.78, 5) is 0. The molecule has 1 heterocycles. The average Bonchev–Trinajstić information content (AvgIpc) is 2.78. The Morgan fingerprint density at radius 3 is 2.68 bits per heavy atom. The quantitative estimate of drug-likeness (QED) is 0.881. The summed E-state index contributed by atoms with van der Waals surface area (Å²) < 4.78 is 1.95. The van der Waals surface area contributed by atoms with Crippen LogP contribution in [0, 0.1) is 29.6 Å². The molecule has 3 heteroatoms. The number of hydrogen-bond acceptors (Lipinski definition) is 2. The number of fused-ring (bicyclic) bond motifs is 5. The van der Waals surface area contributed by atoms with E-state index >= 15 is 0 Å². The molecular formula is C16H25N3. The smallest absolute Gasteiger partial charge is 0.0796 e. The Morgan fingerprint density at radius 2 is 2.11 bits per heavy atom. The highest BCUT2D eigenvalue weighted by Gasteiger charge is 2.66. The molecule has 0 saturated heterocycles. The summed E-state index contributed by atoms with van der Waals surface area (Å²) in [7, 11) is 2.03. The van der Waals surface area contributed by atoms with Gasteiger partial charge in [0, 0.05) is 13.2 Å². The molecule has 1 N–H and O–H groups in total. The first kappa shape index (κ1) is 12.0. The molecule has 4 rings (SSSR count). The third-order valence-electron chi connectivity index (χ3n) is 5.85. The summed E-state index contributed by atoms with van der Waals surface area (Å²) >= 11 is 0. The highest BCUT2D eigenvalue weighted by atomic mass is 15.3. The fourth-order valence-corrected chi connectivity index (χ4v) is 5.17. The van der Waals surface area contributed by atoms with Gasteiger partial charge in [0.25, 0.3) is 0 Å². The van der Waals surface area contributed by atoms with Gasteiger partial charge in [0.2, 0.25) is 0 Å². The minimum absolute atomic E-state index is 0.513. The molecule has 3 saturated carbocycles. The van der Waals surface area contributed by atoms with Gasteiger partial charge in [-0.05, 0) is 67.9 Å². The Hall–Kier alpha value is -0.830. The van der Waals surface area contributed by atoms with E-state index in [1.165, 1.54) is 31.4 Å². The Labute approximate surface area is 115 Å². The van der Waals surface area contributed by atoms with Crippen LogP contribution in [-0.2, 0) is 7.05 Å². The molecule has 2 bridgehead atoms. The Bertz CT molecular complexity index is 450. The molecule has 5 unspecified atom stereocenters. The van der Waals surface area contributed by atoms with Crippen LogP contribution >= 0.6 is 0 Å². The van der Waals surface area contributed by atoms with E-state index in [0.29, 0.717) is 6.04 Å². The molecule has 0 spiro atoms. The lowest BCUT2D eigenvalue weighted by Crippen LogP contribution is -2.27. The van der Waals surface area contributed by atoms with Crippen LogP contribution in [0.25, 0.3) is 0 Å². The second-order valence-corrected chi connectivity index (χ2v) is 6.91. The van der Waals surface area contributed by atoms with Gasteiger partial charge >= 0.3 is 0 Å². The van der Waals surface area contributed by atoms with Crippen LogP contribution in [0.15, 0.2) is 12.3 Å². The van der Waals surface area contributed by atoms with E-state index in [0.717, 1.165) is 36.1 Å². The molecule has 5 atom stereocenters. The Kier molecular flexibility index (Phi) is 2.73. The van der Waals surface area contributed by atoms with Crippen LogP contribution in [0.5, 0.6) is 0 Å². The lowest BCUT2D eigenvalue weighted by atomic mass is 9.95. The van der Waals surface area contributed by atoms with Gasteiger partial charge in [-0.2, -0.15) is 5.10 Å². The standard InChI is InChI=1S/C16H25N3/c1-3-7-17-16(12-6-8-19(2)18-12)15-13-10-4-5-11(9-10)14(13)15/h6,8,10-11,13-17H,3-5,7,9H2,1-2H3. The third kappa shape index (κ3) is 1.78. The van der Waals surface area contributed by atoms with E-state index in [9.17, 15) is 0 Å². The van der Waals surface area contributed by atoms with Crippen molar-refractivity contribution in [2.45, 2.75) is 38.6 Å². The monoisotopic (exact) mass is 259 g/mol. The summed E-state index contributed by atoms with van der Waals surface area (Å²) in [6.07, 6.45) is 7.84. The zero-order valence-electron chi connectivity index (χ0n) is 12.0. The van der Waals surface area contributed by atoms with Gasteiger partial charge in [0.05, 0.1) is 11.7 Å². The minimum atomic E-state index is 0.513. The summed E-state index contributed by atoms with van der Waals surface area (Å²) in [6.45, 7) is 3.37. The van der Waals surface area contributed by atoms with E-state index in [2.05, 4.69) is 29.6 Å². The Balaban J connectivity index is 1.55. The predicted molar refractivity (Wildman–Crippen MR) is 75.5 cm³/mol. The van der Waals surface area contributed by atoms with Crippen molar-refractivity contribution in [2.75, 3.05) is 6.54 Å². The largest absolute Gasteiger partial charge is 0.308 e. The maximum Gasteiger partial charge on any atom is 0.0796 e. The van der Waals surface area contributed by atoms with Crippen molar-refractivity contribution in [3.8, 4) is 0 Å². The van der Waals surface area contributed by atoms with Crippen LogP contribution in [0.1, 0.15) is 44.3 Å². The van der Waals surface area contributed by atoms with Gasteiger partial charge in [-0.1, -0.05) is 6.92 Å². The van der Waals surface area contributed by atoms with E-state index < -0.39 is 0 Å². The number of nitrogens with zero attached hydrogens (tertiary/aromatic N) is 2. The molecule has 1 aromatic rings. The fraction of sp³-hybridized carbons (Fsp3) is 0.812.